The lowest BCUT2D eigenvalue weighted by atomic mass is 9.70. The zero-order valence-corrected chi connectivity index (χ0v) is 14.8. The quantitative estimate of drug-likeness (QED) is 0.913. The lowest BCUT2D eigenvalue weighted by Gasteiger charge is -2.39. The summed E-state index contributed by atoms with van der Waals surface area (Å²) in [6, 6.07) is 12.8. The normalized spacial score (nSPS) is 27.5. The molecule has 2 aromatic rings. The molecule has 0 fully saturated rings. The summed E-state index contributed by atoms with van der Waals surface area (Å²) in [6.07, 6.45) is 7.98. The first-order valence-corrected chi connectivity index (χ1v) is 8.65. The fraction of sp³-hybridized carbons (Fsp3) is 0.190. The van der Waals surface area contributed by atoms with Gasteiger partial charge in [-0.25, -0.2) is 9.38 Å². The Morgan fingerprint density at radius 1 is 1.15 bits per heavy atom. The van der Waals surface area contributed by atoms with E-state index in [1.165, 1.54) is 30.4 Å². The van der Waals surface area contributed by atoms with Crippen LogP contribution in [0.1, 0.15) is 17.5 Å². The molecule has 1 aliphatic carbocycles. The van der Waals surface area contributed by atoms with Gasteiger partial charge in [0, 0.05) is 25.9 Å². The van der Waals surface area contributed by atoms with Crippen LogP contribution in [-0.4, -0.2) is 34.5 Å². The summed E-state index contributed by atoms with van der Waals surface area (Å²) in [4.78, 5) is 22.8. The highest BCUT2D eigenvalue weighted by molar-refractivity contribution is 6.08. The fourth-order valence-electron chi connectivity index (χ4n) is 3.74. The Balaban J connectivity index is 1.86. The Bertz CT molecular complexity index is 970. The van der Waals surface area contributed by atoms with Crippen LogP contribution in [0.25, 0.3) is 5.57 Å². The van der Waals surface area contributed by atoms with Gasteiger partial charge < -0.3 is 5.73 Å². The van der Waals surface area contributed by atoms with Gasteiger partial charge in [0.05, 0.1) is 0 Å². The molecule has 1 aromatic heterocycles. The molecule has 2 aliphatic rings. The number of guanidine groups is 1. The minimum absolute atomic E-state index is 0.00180. The molecule has 4 rings (SSSR count). The molecular weight excluding hydrogens is 343 g/mol. The number of allylic oxidation sites excluding steroid dienone is 3. The first-order valence-electron chi connectivity index (χ1n) is 8.65. The van der Waals surface area contributed by atoms with Gasteiger partial charge in [0.2, 0.25) is 5.54 Å². The largest absolute Gasteiger partial charge is 0.369 e. The standard InChI is InChI=1S/C21H19FN4O/c1-26-18(27)21(25-19(26)23,17-9-12-24-13-10-17)20(22)11-5-8-16(14-20)15-6-3-2-4-7-15/h2-13H,14H2,1H3,(H2,23,25). The van der Waals surface area contributed by atoms with Crippen LogP contribution >= 0.6 is 0 Å². The Labute approximate surface area is 156 Å². The number of nitrogens with zero attached hydrogens (tertiary/aromatic N) is 3. The maximum atomic E-state index is 16.6. The number of aromatic nitrogens is 1. The van der Waals surface area contributed by atoms with Crippen LogP contribution < -0.4 is 5.73 Å². The van der Waals surface area contributed by atoms with Crippen molar-refractivity contribution in [3.8, 4) is 0 Å². The smallest absolute Gasteiger partial charge is 0.265 e. The number of rotatable bonds is 3. The molecule has 0 saturated carbocycles. The van der Waals surface area contributed by atoms with E-state index in [4.69, 9.17) is 5.73 Å². The predicted octanol–water partition coefficient (Wildman–Crippen LogP) is 2.82. The second kappa shape index (κ2) is 6.16. The highest BCUT2D eigenvalue weighted by Crippen LogP contribution is 2.50. The highest BCUT2D eigenvalue weighted by Gasteiger charge is 2.62. The molecule has 1 amide bonds. The molecule has 136 valence electrons. The van der Waals surface area contributed by atoms with E-state index in [9.17, 15) is 4.79 Å². The van der Waals surface area contributed by atoms with E-state index < -0.39 is 17.1 Å². The van der Waals surface area contributed by atoms with Crippen molar-refractivity contribution in [1.82, 2.24) is 9.88 Å². The molecule has 2 heterocycles. The van der Waals surface area contributed by atoms with Crippen LogP contribution in [-0.2, 0) is 10.3 Å². The number of pyridine rings is 1. The number of carbonyl (C=O) groups is 1. The number of alkyl halides is 1. The second-order valence-electron chi connectivity index (χ2n) is 6.74. The number of halogens is 1. The van der Waals surface area contributed by atoms with E-state index >= 15 is 4.39 Å². The number of hydrogen-bond donors (Lipinski definition) is 1. The number of hydrogen-bond acceptors (Lipinski definition) is 4. The third kappa shape index (κ3) is 2.48. The monoisotopic (exact) mass is 362 g/mol. The maximum absolute atomic E-state index is 16.6. The van der Waals surface area contributed by atoms with Crippen LogP contribution in [0.5, 0.6) is 0 Å². The van der Waals surface area contributed by atoms with Crippen molar-refractivity contribution in [3.05, 3.63) is 84.2 Å². The number of amides is 1. The van der Waals surface area contributed by atoms with Gasteiger partial charge in [0.1, 0.15) is 0 Å². The number of aliphatic imine (C=N–C) groups is 1. The predicted molar refractivity (Wildman–Crippen MR) is 102 cm³/mol. The van der Waals surface area contributed by atoms with E-state index in [0.717, 1.165) is 11.1 Å². The average molecular weight is 362 g/mol. The van der Waals surface area contributed by atoms with Crippen molar-refractivity contribution < 1.29 is 9.18 Å². The van der Waals surface area contributed by atoms with Crippen molar-refractivity contribution in [2.75, 3.05) is 7.05 Å². The molecule has 5 nitrogen and oxygen atoms in total. The summed E-state index contributed by atoms with van der Waals surface area (Å²) < 4.78 is 16.6. The molecule has 0 spiro atoms. The topological polar surface area (TPSA) is 71.6 Å². The summed E-state index contributed by atoms with van der Waals surface area (Å²) in [5.74, 6) is -0.495. The van der Waals surface area contributed by atoms with Crippen LogP contribution in [0.4, 0.5) is 4.39 Å². The molecule has 27 heavy (non-hydrogen) atoms. The van der Waals surface area contributed by atoms with Crippen LogP contribution in [0.15, 0.2) is 78.1 Å². The first-order chi connectivity index (χ1) is 13.0. The van der Waals surface area contributed by atoms with Crippen LogP contribution in [0.2, 0.25) is 0 Å². The van der Waals surface area contributed by atoms with Crippen LogP contribution in [0.3, 0.4) is 0 Å². The van der Waals surface area contributed by atoms with Crippen LogP contribution in [0, 0.1) is 0 Å². The minimum Gasteiger partial charge on any atom is -0.369 e. The zero-order chi connectivity index (χ0) is 19.1. The van der Waals surface area contributed by atoms with Gasteiger partial charge in [0.25, 0.3) is 5.91 Å². The summed E-state index contributed by atoms with van der Waals surface area (Å²) in [5, 5.41) is 0. The third-order valence-corrected chi connectivity index (χ3v) is 5.19. The van der Waals surface area contributed by atoms with Crippen molar-refractivity contribution in [3.63, 3.8) is 0 Å². The van der Waals surface area contributed by atoms with Gasteiger partial charge >= 0.3 is 0 Å². The SMILES string of the molecule is CN1C(=O)C(c2ccncc2)(C2(F)C=CC=C(c3ccccc3)C2)N=C1N. The van der Waals surface area contributed by atoms with E-state index in [1.54, 1.807) is 18.2 Å². The van der Waals surface area contributed by atoms with Crippen molar-refractivity contribution in [2.24, 2.45) is 10.7 Å². The first kappa shape index (κ1) is 17.1. The summed E-state index contributed by atoms with van der Waals surface area (Å²) in [5.41, 5.74) is 4.21. The molecule has 1 aromatic carbocycles. The van der Waals surface area contributed by atoms with E-state index in [-0.39, 0.29) is 12.4 Å². The zero-order valence-electron chi connectivity index (χ0n) is 14.8. The molecule has 1 aliphatic heterocycles. The molecule has 2 atom stereocenters. The summed E-state index contributed by atoms with van der Waals surface area (Å²) >= 11 is 0. The van der Waals surface area contributed by atoms with Crippen molar-refractivity contribution in [2.45, 2.75) is 17.6 Å². The number of likely N-dealkylation sites (N-methyl/N-ethyl adjacent to an activating group) is 1. The van der Waals surface area contributed by atoms with E-state index in [2.05, 4.69) is 9.98 Å². The fourth-order valence-corrected chi connectivity index (χ4v) is 3.74. The Kier molecular flexibility index (Phi) is 3.91. The van der Waals surface area contributed by atoms with E-state index in [0.29, 0.717) is 5.56 Å². The Hall–Kier alpha value is -3.28. The molecule has 0 radical (unpaired) electrons. The maximum Gasteiger partial charge on any atom is 0.265 e. The van der Waals surface area contributed by atoms with Gasteiger partial charge in [0.15, 0.2) is 11.6 Å². The average Bonchev–Trinajstić information content (AvgIpc) is 2.95. The lowest BCUT2D eigenvalue weighted by Crippen LogP contribution is -2.53. The molecule has 0 saturated heterocycles. The van der Waals surface area contributed by atoms with Crippen molar-refractivity contribution in [1.29, 1.82) is 0 Å². The molecule has 6 heteroatoms. The minimum atomic E-state index is -2.07. The second-order valence-corrected chi connectivity index (χ2v) is 6.74. The van der Waals surface area contributed by atoms with Crippen molar-refractivity contribution >= 4 is 17.4 Å². The third-order valence-electron chi connectivity index (χ3n) is 5.19. The highest BCUT2D eigenvalue weighted by atomic mass is 19.1. The van der Waals surface area contributed by atoms with Gasteiger partial charge in [-0.05, 0) is 34.9 Å². The van der Waals surface area contributed by atoms with Gasteiger partial charge in [-0.2, -0.15) is 0 Å². The summed E-state index contributed by atoms with van der Waals surface area (Å²) in [7, 11) is 1.51. The molecule has 0 bridgehead atoms. The van der Waals surface area contributed by atoms with E-state index in [1.807, 2.05) is 36.4 Å². The Morgan fingerprint density at radius 2 is 1.85 bits per heavy atom. The molecular formula is C21H19FN4O. The van der Waals surface area contributed by atoms with Gasteiger partial charge in [-0.15, -0.1) is 0 Å². The molecule has 2 unspecified atom stereocenters. The molecule has 2 N–H and O–H groups in total. The number of carbonyl (C=O) groups excluding carboxylic acids is 1. The van der Waals surface area contributed by atoms with Gasteiger partial charge in [-0.1, -0.05) is 42.5 Å². The van der Waals surface area contributed by atoms with Gasteiger partial charge in [-0.3, -0.25) is 14.7 Å². The Morgan fingerprint density at radius 3 is 2.48 bits per heavy atom. The summed E-state index contributed by atoms with van der Waals surface area (Å²) in [6.45, 7) is 0. The number of benzene rings is 1. The lowest BCUT2D eigenvalue weighted by molar-refractivity contribution is -0.135. The number of nitrogens with two attached hydrogens (primary N) is 1.